The highest BCUT2D eigenvalue weighted by Gasteiger charge is 2.10. The summed E-state index contributed by atoms with van der Waals surface area (Å²) >= 11 is 0. The van der Waals surface area contributed by atoms with Crippen LogP contribution in [-0.4, -0.2) is 31.1 Å². The van der Waals surface area contributed by atoms with Gasteiger partial charge in [-0.3, -0.25) is 0 Å². The van der Waals surface area contributed by atoms with Crippen LogP contribution in [0.3, 0.4) is 0 Å². The van der Waals surface area contributed by atoms with Gasteiger partial charge in [-0.1, -0.05) is 0 Å². The molecule has 0 amide bonds. The molecular formula is C13H18F2N2. The number of rotatable bonds is 5. The first-order valence-corrected chi connectivity index (χ1v) is 6.12. The van der Waals surface area contributed by atoms with Crippen LogP contribution in [0.2, 0.25) is 0 Å². The molecule has 1 aromatic rings. The summed E-state index contributed by atoms with van der Waals surface area (Å²) in [5.74, 6) is -1.03. The minimum atomic E-state index is -0.513. The third kappa shape index (κ3) is 4.06. The van der Waals surface area contributed by atoms with Gasteiger partial charge in [0, 0.05) is 25.7 Å². The molecule has 4 heteroatoms. The zero-order valence-corrected chi connectivity index (χ0v) is 9.88. The normalized spacial score (nSPS) is 16.6. The van der Waals surface area contributed by atoms with Crippen LogP contribution in [0.5, 0.6) is 0 Å². The second-order valence-electron chi connectivity index (χ2n) is 4.50. The lowest BCUT2D eigenvalue weighted by Crippen LogP contribution is -2.29. The van der Waals surface area contributed by atoms with Gasteiger partial charge < -0.3 is 10.2 Å². The summed E-state index contributed by atoms with van der Waals surface area (Å²) in [5.41, 5.74) is 0.656. The van der Waals surface area contributed by atoms with Crippen LogP contribution in [0.1, 0.15) is 18.4 Å². The summed E-state index contributed by atoms with van der Waals surface area (Å²) in [6, 6.07) is 3.63. The van der Waals surface area contributed by atoms with E-state index in [4.69, 9.17) is 0 Å². The van der Waals surface area contributed by atoms with Gasteiger partial charge in [0.15, 0.2) is 0 Å². The van der Waals surface area contributed by atoms with Crippen LogP contribution in [0.25, 0.3) is 0 Å². The van der Waals surface area contributed by atoms with Crippen LogP contribution in [0.4, 0.5) is 8.78 Å². The molecule has 0 aliphatic carbocycles. The molecule has 0 spiro atoms. The summed E-state index contributed by atoms with van der Waals surface area (Å²) < 4.78 is 25.8. The second-order valence-corrected chi connectivity index (χ2v) is 4.50. The van der Waals surface area contributed by atoms with Crippen molar-refractivity contribution in [2.45, 2.75) is 19.4 Å². The number of likely N-dealkylation sites (tertiary alicyclic amines) is 1. The summed E-state index contributed by atoms with van der Waals surface area (Å²) in [5, 5.41) is 3.21. The highest BCUT2D eigenvalue weighted by atomic mass is 19.1. The number of hydrogen-bond acceptors (Lipinski definition) is 2. The van der Waals surface area contributed by atoms with Gasteiger partial charge in [-0.25, -0.2) is 8.78 Å². The van der Waals surface area contributed by atoms with Crippen molar-refractivity contribution in [2.24, 2.45) is 0 Å². The third-order valence-electron chi connectivity index (χ3n) is 3.05. The highest BCUT2D eigenvalue weighted by molar-refractivity contribution is 5.17. The lowest BCUT2D eigenvalue weighted by atomic mass is 10.2. The van der Waals surface area contributed by atoms with Crippen LogP contribution < -0.4 is 5.32 Å². The number of halogens is 2. The Hall–Kier alpha value is -1.00. The Kier molecular flexibility index (Phi) is 4.45. The average Bonchev–Trinajstić information content (AvgIpc) is 2.76. The molecule has 0 unspecified atom stereocenters. The Morgan fingerprint density at radius 1 is 1.06 bits per heavy atom. The SMILES string of the molecule is Fc1cc(F)cc(CNCCN2CCCC2)c1. The molecule has 1 aromatic carbocycles. The van der Waals surface area contributed by atoms with E-state index in [2.05, 4.69) is 10.2 Å². The summed E-state index contributed by atoms with van der Waals surface area (Å²) in [6.45, 7) is 4.74. The molecule has 1 aliphatic rings. The van der Waals surface area contributed by atoms with E-state index >= 15 is 0 Å². The van der Waals surface area contributed by atoms with Crippen molar-refractivity contribution in [1.82, 2.24) is 10.2 Å². The maximum absolute atomic E-state index is 12.9. The van der Waals surface area contributed by atoms with E-state index in [0.717, 1.165) is 19.2 Å². The minimum absolute atomic E-state index is 0.513. The number of benzene rings is 1. The average molecular weight is 240 g/mol. The predicted molar refractivity (Wildman–Crippen MR) is 63.7 cm³/mol. The number of nitrogens with zero attached hydrogens (tertiary/aromatic N) is 1. The van der Waals surface area contributed by atoms with Crippen LogP contribution in [-0.2, 0) is 6.54 Å². The smallest absolute Gasteiger partial charge is 0.126 e. The first kappa shape index (κ1) is 12.5. The molecule has 1 fully saturated rings. The van der Waals surface area contributed by atoms with E-state index in [-0.39, 0.29) is 0 Å². The Balaban J connectivity index is 1.70. The molecular weight excluding hydrogens is 222 g/mol. The van der Waals surface area contributed by atoms with E-state index in [9.17, 15) is 8.78 Å². The predicted octanol–water partition coefficient (Wildman–Crippen LogP) is 2.15. The third-order valence-corrected chi connectivity index (χ3v) is 3.05. The number of hydrogen-bond donors (Lipinski definition) is 1. The van der Waals surface area contributed by atoms with Gasteiger partial charge in [0.1, 0.15) is 11.6 Å². The van der Waals surface area contributed by atoms with Crippen molar-refractivity contribution in [2.75, 3.05) is 26.2 Å². The molecule has 2 nitrogen and oxygen atoms in total. The van der Waals surface area contributed by atoms with Gasteiger partial charge >= 0.3 is 0 Å². The first-order valence-electron chi connectivity index (χ1n) is 6.12. The molecule has 0 saturated carbocycles. The molecule has 0 bridgehead atoms. The quantitative estimate of drug-likeness (QED) is 0.793. The van der Waals surface area contributed by atoms with Gasteiger partial charge in [0.2, 0.25) is 0 Å². The minimum Gasteiger partial charge on any atom is -0.311 e. The zero-order valence-electron chi connectivity index (χ0n) is 9.88. The number of nitrogens with one attached hydrogen (secondary N) is 1. The Bertz CT molecular complexity index is 342. The molecule has 1 heterocycles. The van der Waals surface area contributed by atoms with Crippen molar-refractivity contribution < 1.29 is 8.78 Å². The fraction of sp³-hybridized carbons (Fsp3) is 0.538. The molecule has 1 aliphatic heterocycles. The van der Waals surface area contributed by atoms with E-state index in [0.29, 0.717) is 12.1 Å². The lowest BCUT2D eigenvalue weighted by Gasteiger charge is -2.14. The maximum Gasteiger partial charge on any atom is 0.126 e. The Morgan fingerprint density at radius 2 is 1.71 bits per heavy atom. The van der Waals surface area contributed by atoms with Crippen molar-refractivity contribution in [3.05, 3.63) is 35.4 Å². The van der Waals surface area contributed by atoms with Gasteiger partial charge in [-0.2, -0.15) is 0 Å². The van der Waals surface area contributed by atoms with Gasteiger partial charge in [-0.15, -0.1) is 0 Å². The van der Waals surface area contributed by atoms with E-state index in [1.54, 1.807) is 0 Å². The summed E-state index contributed by atoms with van der Waals surface area (Å²) in [6.07, 6.45) is 2.57. The van der Waals surface area contributed by atoms with Crippen LogP contribution in [0, 0.1) is 11.6 Å². The van der Waals surface area contributed by atoms with E-state index in [1.165, 1.54) is 38.1 Å². The summed E-state index contributed by atoms with van der Waals surface area (Å²) in [4.78, 5) is 2.40. The van der Waals surface area contributed by atoms with E-state index in [1.807, 2.05) is 0 Å². The first-order chi connectivity index (χ1) is 8.24. The Morgan fingerprint density at radius 3 is 2.35 bits per heavy atom. The van der Waals surface area contributed by atoms with Crippen LogP contribution in [0.15, 0.2) is 18.2 Å². The lowest BCUT2D eigenvalue weighted by molar-refractivity contribution is 0.335. The maximum atomic E-state index is 12.9. The molecule has 1 saturated heterocycles. The Labute approximate surface area is 101 Å². The van der Waals surface area contributed by atoms with Gasteiger partial charge in [0.25, 0.3) is 0 Å². The molecule has 0 radical (unpaired) electrons. The van der Waals surface area contributed by atoms with Crippen molar-refractivity contribution in [3.8, 4) is 0 Å². The van der Waals surface area contributed by atoms with E-state index < -0.39 is 11.6 Å². The fourth-order valence-electron chi connectivity index (χ4n) is 2.19. The standard InChI is InChI=1S/C13H18F2N2/c14-12-7-11(8-13(15)9-12)10-16-3-6-17-4-1-2-5-17/h7-9,16H,1-6,10H2. The molecule has 0 atom stereocenters. The van der Waals surface area contributed by atoms with Crippen molar-refractivity contribution in [1.29, 1.82) is 0 Å². The largest absolute Gasteiger partial charge is 0.311 e. The molecule has 17 heavy (non-hydrogen) atoms. The van der Waals surface area contributed by atoms with Crippen molar-refractivity contribution >= 4 is 0 Å². The van der Waals surface area contributed by atoms with Crippen molar-refractivity contribution in [3.63, 3.8) is 0 Å². The molecule has 1 N–H and O–H groups in total. The summed E-state index contributed by atoms with van der Waals surface area (Å²) in [7, 11) is 0. The van der Waals surface area contributed by atoms with Gasteiger partial charge in [0.05, 0.1) is 0 Å². The topological polar surface area (TPSA) is 15.3 Å². The monoisotopic (exact) mass is 240 g/mol. The molecule has 94 valence electrons. The van der Waals surface area contributed by atoms with Crippen LogP contribution >= 0.6 is 0 Å². The highest BCUT2D eigenvalue weighted by Crippen LogP contribution is 2.08. The zero-order chi connectivity index (χ0) is 12.1. The second kappa shape index (κ2) is 6.07. The fourth-order valence-corrected chi connectivity index (χ4v) is 2.19. The molecule has 0 aromatic heterocycles. The molecule has 2 rings (SSSR count). The van der Waals surface area contributed by atoms with Gasteiger partial charge in [-0.05, 0) is 43.6 Å².